The lowest BCUT2D eigenvalue weighted by atomic mass is 10.1. The van der Waals surface area contributed by atoms with E-state index in [2.05, 4.69) is 22.0 Å². The van der Waals surface area contributed by atoms with Crippen LogP contribution in [0, 0.1) is 0 Å². The lowest BCUT2D eigenvalue weighted by Gasteiger charge is -2.22. The van der Waals surface area contributed by atoms with Gasteiger partial charge in [-0.05, 0) is 93.1 Å². The van der Waals surface area contributed by atoms with Crippen molar-refractivity contribution in [2.45, 2.75) is 52.2 Å². The first kappa shape index (κ1) is 28.6. The highest BCUT2D eigenvalue weighted by atomic mass is 16.6. The number of carbonyl (C=O) groups excluding carboxylic acids is 3. The van der Waals surface area contributed by atoms with Gasteiger partial charge in [-0.1, -0.05) is 30.3 Å². The summed E-state index contributed by atoms with van der Waals surface area (Å²) in [5.41, 5.74) is 4.88. The van der Waals surface area contributed by atoms with Crippen molar-refractivity contribution in [1.29, 1.82) is 0 Å². The van der Waals surface area contributed by atoms with Crippen LogP contribution in [0.2, 0.25) is 0 Å². The molecular weight excluding hydrogens is 508 g/mol. The Bertz CT molecular complexity index is 1360. The van der Waals surface area contributed by atoms with Crippen LogP contribution in [0.15, 0.2) is 66.7 Å². The first-order valence-electron chi connectivity index (χ1n) is 13.3. The zero-order valence-electron chi connectivity index (χ0n) is 23.4. The summed E-state index contributed by atoms with van der Waals surface area (Å²) in [6, 6.07) is 19.7. The molecule has 0 aromatic heterocycles. The summed E-state index contributed by atoms with van der Waals surface area (Å²) in [6.45, 7) is 5.74. The zero-order chi connectivity index (χ0) is 28.7. The number of fused-ring (bicyclic) bond motifs is 1. The second-order valence-electron chi connectivity index (χ2n) is 10.7. The number of nitrogens with zero attached hydrogens (tertiary/aromatic N) is 1. The molecule has 0 saturated heterocycles. The average Bonchev–Trinajstić information content (AvgIpc) is 3.37. The van der Waals surface area contributed by atoms with Crippen molar-refractivity contribution >= 4 is 35.1 Å². The number of hydrogen-bond donors (Lipinski definition) is 3. The van der Waals surface area contributed by atoms with Gasteiger partial charge in [0, 0.05) is 24.9 Å². The van der Waals surface area contributed by atoms with Crippen LogP contribution in [-0.4, -0.2) is 42.4 Å². The Kier molecular flexibility index (Phi) is 9.06. The highest BCUT2D eigenvalue weighted by molar-refractivity contribution is 6.06. The molecule has 0 spiro atoms. The zero-order valence-corrected chi connectivity index (χ0v) is 23.4. The Morgan fingerprint density at radius 2 is 1.52 bits per heavy atom. The third kappa shape index (κ3) is 7.83. The third-order valence-corrected chi connectivity index (χ3v) is 6.32. The second kappa shape index (κ2) is 12.7. The Balaban J connectivity index is 1.38. The summed E-state index contributed by atoms with van der Waals surface area (Å²) >= 11 is 0. The van der Waals surface area contributed by atoms with Crippen LogP contribution in [0.5, 0.6) is 0 Å². The molecule has 3 N–H and O–H groups in total. The Labute approximate surface area is 234 Å². The number of urea groups is 1. The summed E-state index contributed by atoms with van der Waals surface area (Å²) in [7, 11) is 1.54. The van der Waals surface area contributed by atoms with E-state index in [1.165, 1.54) is 11.1 Å². The van der Waals surface area contributed by atoms with E-state index in [0.717, 1.165) is 30.5 Å². The molecule has 0 fully saturated rings. The second-order valence-corrected chi connectivity index (χ2v) is 10.7. The van der Waals surface area contributed by atoms with Gasteiger partial charge in [-0.25, -0.2) is 9.59 Å². The molecule has 9 heteroatoms. The smallest absolute Gasteiger partial charge is 0.412 e. The van der Waals surface area contributed by atoms with Gasteiger partial charge in [0.15, 0.2) is 0 Å². The molecule has 40 heavy (non-hydrogen) atoms. The summed E-state index contributed by atoms with van der Waals surface area (Å²) in [6.07, 6.45) is 2.65. The van der Waals surface area contributed by atoms with Crippen LogP contribution in [0.1, 0.15) is 54.2 Å². The maximum absolute atomic E-state index is 13.0. The standard InChI is InChI=1S/C31H36N4O5/c1-31(2,3)40-30(38)34-27-11-6-5-10-26(27)33-28(36)23-14-12-21(13-15-23)19-35(20-39-4)29(37)32-25-17-16-22-8-7-9-24(22)18-25/h5-6,10-18H,7-9,19-20H2,1-4H3,(H,32,37)(H,33,36)(H,34,38). The van der Waals surface area contributed by atoms with E-state index in [-0.39, 0.29) is 18.7 Å². The molecule has 0 saturated carbocycles. The molecule has 3 aromatic rings. The predicted molar refractivity (Wildman–Crippen MR) is 156 cm³/mol. The molecule has 0 unspecified atom stereocenters. The molecule has 0 atom stereocenters. The molecule has 4 rings (SSSR count). The summed E-state index contributed by atoms with van der Waals surface area (Å²) in [4.78, 5) is 39.7. The molecular formula is C31H36N4O5. The van der Waals surface area contributed by atoms with Crippen LogP contribution in [0.25, 0.3) is 0 Å². The van der Waals surface area contributed by atoms with Crippen molar-refractivity contribution in [2.75, 3.05) is 29.8 Å². The van der Waals surface area contributed by atoms with Gasteiger partial charge in [0.1, 0.15) is 12.3 Å². The number of nitrogens with one attached hydrogen (secondary N) is 3. The lowest BCUT2D eigenvalue weighted by molar-refractivity contribution is 0.0635. The normalized spacial score (nSPS) is 12.3. The third-order valence-electron chi connectivity index (χ3n) is 6.32. The monoisotopic (exact) mass is 544 g/mol. The maximum Gasteiger partial charge on any atom is 0.412 e. The van der Waals surface area contributed by atoms with Gasteiger partial charge in [-0.15, -0.1) is 0 Å². The highest BCUT2D eigenvalue weighted by Crippen LogP contribution is 2.26. The van der Waals surface area contributed by atoms with Crippen LogP contribution < -0.4 is 16.0 Å². The van der Waals surface area contributed by atoms with Crippen molar-refractivity contribution in [3.63, 3.8) is 0 Å². The van der Waals surface area contributed by atoms with Crippen LogP contribution in [-0.2, 0) is 28.9 Å². The van der Waals surface area contributed by atoms with E-state index < -0.39 is 11.7 Å². The number of ether oxygens (including phenoxy) is 2. The van der Waals surface area contributed by atoms with Gasteiger partial charge in [0.05, 0.1) is 11.4 Å². The van der Waals surface area contributed by atoms with Gasteiger partial charge < -0.3 is 20.1 Å². The van der Waals surface area contributed by atoms with Crippen molar-refractivity contribution in [3.05, 3.63) is 89.0 Å². The number of para-hydroxylation sites is 2. The fourth-order valence-electron chi connectivity index (χ4n) is 4.48. The number of benzene rings is 3. The molecule has 0 aliphatic heterocycles. The van der Waals surface area contributed by atoms with Crippen LogP contribution in [0.4, 0.5) is 26.7 Å². The summed E-state index contributed by atoms with van der Waals surface area (Å²) in [5, 5.41) is 8.48. The Hall–Kier alpha value is -4.37. The van der Waals surface area contributed by atoms with Gasteiger partial charge >= 0.3 is 12.1 Å². The topological polar surface area (TPSA) is 109 Å². The van der Waals surface area contributed by atoms with Crippen molar-refractivity contribution < 1.29 is 23.9 Å². The first-order chi connectivity index (χ1) is 19.1. The molecule has 9 nitrogen and oxygen atoms in total. The van der Waals surface area contributed by atoms with Gasteiger partial charge in [0.2, 0.25) is 0 Å². The molecule has 0 radical (unpaired) electrons. The minimum Gasteiger partial charge on any atom is -0.444 e. The number of anilines is 3. The van der Waals surface area contributed by atoms with Crippen LogP contribution >= 0.6 is 0 Å². The number of rotatable bonds is 8. The lowest BCUT2D eigenvalue weighted by Crippen LogP contribution is -2.36. The van der Waals surface area contributed by atoms with E-state index in [0.29, 0.717) is 23.5 Å². The van der Waals surface area contributed by atoms with Crippen molar-refractivity contribution in [2.24, 2.45) is 0 Å². The Morgan fingerprint density at radius 1 is 0.850 bits per heavy atom. The fraction of sp³-hybridized carbons (Fsp3) is 0.323. The summed E-state index contributed by atoms with van der Waals surface area (Å²) in [5.74, 6) is -0.340. The fourth-order valence-corrected chi connectivity index (χ4v) is 4.48. The SMILES string of the molecule is COCN(Cc1ccc(C(=O)Nc2ccccc2NC(=O)OC(C)(C)C)cc1)C(=O)Nc1ccc2c(c1)CCC2. The Morgan fingerprint density at radius 3 is 2.20 bits per heavy atom. The van der Waals surface area contributed by atoms with E-state index in [4.69, 9.17) is 9.47 Å². The molecule has 3 aromatic carbocycles. The molecule has 210 valence electrons. The van der Waals surface area contributed by atoms with Crippen LogP contribution in [0.3, 0.4) is 0 Å². The molecule has 1 aliphatic rings. The van der Waals surface area contributed by atoms with E-state index >= 15 is 0 Å². The molecule has 4 amide bonds. The van der Waals surface area contributed by atoms with Gasteiger partial charge in [-0.3, -0.25) is 15.0 Å². The van der Waals surface area contributed by atoms with E-state index in [1.54, 1.807) is 81.3 Å². The number of aryl methyl sites for hydroxylation is 2. The number of carbonyl (C=O) groups is 3. The van der Waals surface area contributed by atoms with Crippen molar-refractivity contribution in [3.8, 4) is 0 Å². The summed E-state index contributed by atoms with van der Waals surface area (Å²) < 4.78 is 10.6. The van der Waals surface area contributed by atoms with E-state index in [1.807, 2.05) is 12.1 Å². The predicted octanol–water partition coefficient (Wildman–Crippen LogP) is 6.41. The maximum atomic E-state index is 13.0. The quantitative estimate of drug-likeness (QED) is 0.284. The van der Waals surface area contributed by atoms with E-state index in [9.17, 15) is 14.4 Å². The highest BCUT2D eigenvalue weighted by Gasteiger charge is 2.19. The number of hydrogen-bond acceptors (Lipinski definition) is 5. The minimum absolute atomic E-state index is 0.112. The number of amides is 4. The number of methoxy groups -OCH3 is 1. The van der Waals surface area contributed by atoms with Gasteiger partial charge in [0.25, 0.3) is 5.91 Å². The minimum atomic E-state index is -0.648. The molecule has 1 aliphatic carbocycles. The average molecular weight is 545 g/mol. The molecule has 0 heterocycles. The largest absolute Gasteiger partial charge is 0.444 e. The van der Waals surface area contributed by atoms with Gasteiger partial charge in [-0.2, -0.15) is 0 Å². The first-order valence-corrected chi connectivity index (χ1v) is 13.3. The molecule has 0 bridgehead atoms. The van der Waals surface area contributed by atoms with Crippen molar-refractivity contribution in [1.82, 2.24) is 4.90 Å².